The highest BCUT2D eigenvalue weighted by Gasteiger charge is 2.17. The van der Waals surface area contributed by atoms with E-state index in [4.69, 9.17) is 5.73 Å². The molecule has 5 nitrogen and oxygen atoms in total. The van der Waals surface area contributed by atoms with Gasteiger partial charge in [-0.15, -0.1) is 22.7 Å². The van der Waals surface area contributed by atoms with Crippen LogP contribution < -0.4 is 11.1 Å². The Kier molecular flexibility index (Phi) is 3.85. The van der Waals surface area contributed by atoms with E-state index in [0.29, 0.717) is 17.1 Å². The fourth-order valence-corrected chi connectivity index (χ4v) is 3.79. The summed E-state index contributed by atoms with van der Waals surface area (Å²) in [5.41, 5.74) is 7.66. The van der Waals surface area contributed by atoms with Crippen molar-refractivity contribution in [3.05, 3.63) is 39.3 Å². The molecule has 0 saturated heterocycles. The van der Waals surface area contributed by atoms with E-state index in [1.54, 1.807) is 23.7 Å². The second kappa shape index (κ2) is 5.79. The number of thiazole rings is 1. The van der Waals surface area contributed by atoms with Crippen LogP contribution in [0.5, 0.6) is 0 Å². The number of aryl methyl sites for hydroxylation is 1. The van der Waals surface area contributed by atoms with Crippen molar-refractivity contribution in [2.24, 2.45) is 0 Å². The number of nitrogens with one attached hydrogen (secondary N) is 1. The number of nitrogens with two attached hydrogens (primary N) is 1. The van der Waals surface area contributed by atoms with Gasteiger partial charge in [0.25, 0.3) is 5.91 Å². The lowest BCUT2D eigenvalue weighted by Gasteiger charge is -2.03. The van der Waals surface area contributed by atoms with Gasteiger partial charge >= 0.3 is 0 Å². The molecule has 0 saturated carbocycles. The van der Waals surface area contributed by atoms with Crippen LogP contribution in [0.25, 0.3) is 10.2 Å². The second-order valence-corrected chi connectivity index (χ2v) is 6.56. The predicted molar refractivity (Wildman–Crippen MR) is 86.9 cm³/mol. The van der Waals surface area contributed by atoms with E-state index in [1.165, 1.54) is 11.3 Å². The van der Waals surface area contributed by atoms with Crippen LogP contribution in [0.15, 0.2) is 23.8 Å². The van der Waals surface area contributed by atoms with E-state index < -0.39 is 0 Å². The number of aromatic nitrogens is 2. The number of nitrogens with zero attached hydrogens (tertiary/aromatic N) is 2. The number of fused-ring (bicyclic) bond motifs is 1. The van der Waals surface area contributed by atoms with Crippen LogP contribution in [0.2, 0.25) is 0 Å². The minimum Gasteiger partial charge on any atom is -0.397 e. The summed E-state index contributed by atoms with van der Waals surface area (Å²) in [6, 6.07) is 1.90. The first-order chi connectivity index (χ1) is 10.2. The Morgan fingerprint density at radius 2 is 2.24 bits per heavy atom. The summed E-state index contributed by atoms with van der Waals surface area (Å²) in [6.45, 7) is 2.52. The van der Waals surface area contributed by atoms with Crippen LogP contribution in [0.4, 0.5) is 5.69 Å². The van der Waals surface area contributed by atoms with E-state index in [9.17, 15) is 4.79 Å². The molecule has 0 aliphatic rings. The van der Waals surface area contributed by atoms with Crippen LogP contribution in [0.3, 0.4) is 0 Å². The molecule has 0 radical (unpaired) electrons. The first-order valence-corrected chi connectivity index (χ1v) is 8.16. The zero-order valence-electron chi connectivity index (χ0n) is 11.4. The van der Waals surface area contributed by atoms with Gasteiger partial charge in [-0.25, -0.2) is 9.97 Å². The largest absolute Gasteiger partial charge is 0.397 e. The third-order valence-electron chi connectivity index (χ3n) is 3.15. The number of anilines is 1. The molecule has 21 heavy (non-hydrogen) atoms. The van der Waals surface area contributed by atoms with Gasteiger partial charge in [-0.05, 0) is 18.6 Å². The predicted octanol–water partition coefficient (Wildman–Crippen LogP) is 2.62. The maximum absolute atomic E-state index is 12.2. The molecule has 0 unspecified atom stereocenters. The highest BCUT2D eigenvalue weighted by atomic mass is 32.1. The number of rotatable bonds is 4. The number of thiophene rings is 1. The molecule has 3 rings (SSSR count). The van der Waals surface area contributed by atoms with Gasteiger partial charge in [-0.1, -0.05) is 0 Å². The zero-order chi connectivity index (χ0) is 14.8. The Labute approximate surface area is 129 Å². The topological polar surface area (TPSA) is 80.9 Å². The molecular weight excluding hydrogens is 304 g/mol. The average molecular weight is 318 g/mol. The lowest BCUT2D eigenvalue weighted by Crippen LogP contribution is -2.25. The summed E-state index contributed by atoms with van der Waals surface area (Å²) in [5, 5.41) is 6.71. The van der Waals surface area contributed by atoms with Crippen LogP contribution in [0.1, 0.15) is 20.2 Å². The fourth-order valence-electron chi connectivity index (χ4n) is 2.11. The van der Waals surface area contributed by atoms with E-state index in [2.05, 4.69) is 15.3 Å². The van der Waals surface area contributed by atoms with Crippen LogP contribution in [-0.4, -0.2) is 22.4 Å². The van der Waals surface area contributed by atoms with Crippen molar-refractivity contribution in [1.29, 1.82) is 0 Å². The lowest BCUT2D eigenvalue weighted by molar-refractivity contribution is 0.0959. The molecule has 0 aliphatic heterocycles. The molecular formula is C14H14N4OS2. The van der Waals surface area contributed by atoms with Gasteiger partial charge in [0.2, 0.25) is 0 Å². The Morgan fingerprint density at radius 1 is 1.38 bits per heavy atom. The number of carbonyl (C=O) groups is 1. The fraction of sp³-hybridized carbons (Fsp3) is 0.214. The minimum atomic E-state index is -0.147. The Morgan fingerprint density at radius 3 is 2.95 bits per heavy atom. The smallest absolute Gasteiger partial charge is 0.263 e. The second-order valence-electron chi connectivity index (χ2n) is 4.58. The number of hydrogen-bond acceptors (Lipinski definition) is 6. The van der Waals surface area contributed by atoms with Gasteiger partial charge in [0.15, 0.2) is 0 Å². The van der Waals surface area contributed by atoms with Gasteiger partial charge in [0.1, 0.15) is 9.71 Å². The van der Waals surface area contributed by atoms with E-state index in [0.717, 1.165) is 27.2 Å². The molecule has 108 valence electrons. The van der Waals surface area contributed by atoms with Gasteiger partial charge < -0.3 is 11.1 Å². The van der Waals surface area contributed by atoms with Crippen LogP contribution in [-0.2, 0) is 6.42 Å². The Hall–Kier alpha value is -1.99. The SMILES string of the molecule is Cc1ccnc2sc(C(=O)NCCc3nccs3)c(N)c12. The van der Waals surface area contributed by atoms with Crippen molar-refractivity contribution >= 4 is 44.5 Å². The molecule has 1 amide bonds. The molecule has 3 N–H and O–H groups in total. The van der Waals surface area contributed by atoms with Gasteiger partial charge in [0.05, 0.1) is 10.7 Å². The molecule has 0 aliphatic carbocycles. The van der Waals surface area contributed by atoms with E-state index >= 15 is 0 Å². The molecule has 0 spiro atoms. The Balaban J connectivity index is 1.75. The van der Waals surface area contributed by atoms with E-state index in [-0.39, 0.29) is 5.91 Å². The monoisotopic (exact) mass is 318 g/mol. The van der Waals surface area contributed by atoms with Crippen molar-refractivity contribution in [3.8, 4) is 0 Å². The van der Waals surface area contributed by atoms with Gasteiger partial charge in [-0.2, -0.15) is 0 Å². The van der Waals surface area contributed by atoms with Crippen molar-refractivity contribution in [2.45, 2.75) is 13.3 Å². The van der Waals surface area contributed by atoms with Crippen molar-refractivity contribution in [3.63, 3.8) is 0 Å². The van der Waals surface area contributed by atoms with Gasteiger partial charge in [0, 0.05) is 36.1 Å². The van der Waals surface area contributed by atoms with Crippen LogP contribution in [0, 0.1) is 6.92 Å². The highest BCUT2D eigenvalue weighted by molar-refractivity contribution is 7.21. The molecule has 0 fully saturated rings. The number of hydrogen-bond donors (Lipinski definition) is 2. The summed E-state index contributed by atoms with van der Waals surface area (Å²) >= 11 is 2.92. The molecule has 3 heterocycles. The van der Waals surface area contributed by atoms with Crippen molar-refractivity contribution in [1.82, 2.24) is 15.3 Å². The molecule has 0 atom stereocenters. The van der Waals surface area contributed by atoms with Crippen molar-refractivity contribution in [2.75, 3.05) is 12.3 Å². The Bertz CT molecular complexity index is 780. The number of nitrogen functional groups attached to an aromatic ring is 1. The molecule has 3 aromatic heterocycles. The standard InChI is InChI=1S/C14H14N4OS2/c1-8-2-4-18-14-10(8)11(15)12(21-14)13(19)17-5-3-9-16-6-7-20-9/h2,4,6-7H,3,5,15H2,1H3,(H,17,19). The minimum absolute atomic E-state index is 0.147. The molecule has 7 heteroatoms. The number of pyridine rings is 1. The summed E-state index contributed by atoms with van der Waals surface area (Å²) in [6.07, 6.45) is 4.23. The normalized spacial score (nSPS) is 10.9. The highest BCUT2D eigenvalue weighted by Crippen LogP contribution is 2.34. The number of carbonyl (C=O) groups excluding carboxylic acids is 1. The third-order valence-corrected chi connectivity index (χ3v) is 5.10. The van der Waals surface area contributed by atoms with E-state index in [1.807, 2.05) is 18.4 Å². The lowest BCUT2D eigenvalue weighted by atomic mass is 10.2. The summed E-state index contributed by atoms with van der Waals surface area (Å²) < 4.78 is 0. The molecule has 0 aromatic carbocycles. The van der Waals surface area contributed by atoms with Gasteiger partial charge in [-0.3, -0.25) is 4.79 Å². The quantitative estimate of drug-likeness (QED) is 0.775. The summed E-state index contributed by atoms with van der Waals surface area (Å²) in [4.78, 5) is 22.0. The zero-order valence-corrected chi connectivity index (χ0v) is 13.1. The maximum Gasteiger partial charge on any atom is 0.263 e. The molecule has 3 aromatic rings. The van der Waals surface area contributed by atoms with Crippen molar-refractivity contribution < 1.29 is 4.79 Å². The maximum atomic E-state index is 12.2. The molecule has 0 bridgehead atoms. The number of amides is 1. The summed E-state index contributed by atoms with van der Waals surface area (Å²) in [7, 11) is 0. The summed E-state index contributed by atoms with van der Waals surface area (Å²) in [5.74, 6) is -0.147. The first-order valence-electron chi connectivity index (χ1n) is 6.47. The van der Waals surface area contributed by atoms with Crippen LogP contribution >= 0.6 is 22.7 Å². The average Bonchev–Trinajstić information content (AvgIpc) is 3.08. The first kappa shape index (κ1) is 14.0. The third kappa shape index (κ3) is 2.74.